The van der Waals surface area contributed by atoms with Crippen LogP contribution in [-0.4, -0.2) is 33.2 Å². The van der Waals surface area contributed by atoms with Crippen LogP contribution in [0.15, 0.2) is 24.3 Å². The standard InChI is InChI=1S/C14H25N3/c1-5-15-10-12(2)16-11-13-6-8-14(9-7-13)17(3)4/h6-9,12,15-16H,5,10-11H2,1-4H3. The van der Waals surface area contributed by atoms with Crippen molar-refractivity contribution >= 4 is 5.69 Å². The summed E-state index contributed by atoms with van der Waals surface area (Å²) in [6.07, 6.45) is 0. The molecule has 3 nitrogen and oxygen atoms in total. The molecule has 0 aliphatic rings. The maximum absolute atomic E-state index is 3.51. The Labute approximate surface area is 105 Å². The Morgan fingerprint density at radius 2 is 1.82 bits per heavy atom. The number of benzene rings is 1. The Morgan fingerprint density at radius 3 is 2.35 bits per heavy atom. The molecule has 96 valence electrons. The fourth-order valence-corrected chi connectivity index (χ4v) is 1.64. The van der Waals surface area contributed by atoms with Crippen LogP contribution in [0.2, 0.25) is 0 Å². The number of nitrogens with zero attached hydrogens (tertiary/aromatic N) is 1. The van der Waals surface area contributed by atoms with Gasteiger partial charge in [0, 0.05) is 38.9 Å². The van der Waals surface area contributed by atoms with Crippen LogP contribution in [0.4, 0.5) is 5.69 Å². The van der Waals surface area contributed by atoms with E-state index in [1.165, 1.54) is 11.3 Å². The van der Waals surface area contributed by atoms with Crippen molar-refractivity contribution in [2.75, 3.05) is 32.1 Å². The molecule has 0 bridgehead atoms. The summed E-state index contributed by atoms with van der Waals surface area (Å²) in [6, 6.07) is 9.19. The zero-order valence-corrected chi connectivity index (χ0v) is 11.5. The summed E-state index contributed by atoms with van der Waals surface area (Å²) in [5, 5.41) is 6.85. The summed E-state index contributed by atoms with van der Waals surface area (Å²) < 4.78 is 0. The van der Waals surface area contributed by atoms with Crippen LogP contribution in [0.25, 0.3) is 0 Å². The molecule has 1 aromatic rings. The minimum absolute atomic E-state index is 0.503. The van der Waals surface area contributed by atoms with Gasteiger partial charge in [0.1, 0.15) is 0 Å². The van der Waals surface area contributed by atoms with Gasteiger partial charge in [0.2, 0.25) is 0 Å². The smallest absolute Gasteiger partial charge is 0.0361 e. The van der Waals surface area contributed by atoms with Gasteiger partial charge in [-0.15, -0.1) is 0 Å². The first kappa shape index (κ1) is 14.0. The van der Waals surface area contributed by atoms with Crippen molar-refractivity contribution in [1.29, 1.82) is 0 Å². The molecule has 2 N–H and O–H groups in total. The lowest BCUT2D eigenvalue weighted by atomic mass is 10.2. The number of rotatable bonds is 7. The predicted octanol–water partition coefficient (Wildman–Crippen LogP) is 1.84. The van der Waals surface area contributed by atoms with E-state index in [0.717, 1.165) is 19.6 Å². The molecule has 0 aromatic heterocycles. The van der Waals surface area contributed by atoms with E-state index in [1.54, 1.807) is 0 Å². The first-order chi connectivity index (χ1) is 8.13. The second-order valence-electron chi connectivity index (χ2n) is 4.65. The minimum Gasteiger partial charge on any atom is -0.378 e. The molecule has 17 heavy (non-hydrogen) atoms. The van der Waals surface area contributed by atoms with Gasteiger partial charge in [0.15, 0.2) is 0 Å². The van der Waals surface area contributed by atoms with Crippen molar-refractivity contribution < 1.29 is 0 Å². The van der Waals surface area contributed by atoms with E-state index in [2.05, 4.69) is 67.7 Å². The monoisotopic (exact) mass is 235 g/mol. The third-order valence-corrected chi connectivity index (χ3v) is 2.81. The normalized spacial score (nSPS) is 12.5. The van der Waals surface area contributed by atoms with E-state index >= 15 is 0 Å². The van der Waals surface area contributed by atoms with E-state index in [-0.39, 0.29) is 0 Å². The van der Waals surface area contributed by atoms with E-state index < -0.39 is 0 Å². The van der Waals surface area contributed by atoms with E-state index in [4.69, 9.17) is 0 Å². The van der Waals surface area contributed by atoms with Crippen LogP contribution in [0.5, 0.6) is 0 Å². The Kier molecular flexibility index (Phi) is 6.01. The highest BCUT2D eigenvalue weighted by Gasteiger charge is 2.01. The van der Waals surface area contributed by atoms with Crippen molar-refractivity contribution in [3.8, 4) is 0 Å². The highest BCUT2D eigenvalue weighted by atomic mass is 15.1. The Morgan fingerprint density at radius 1 is 1.18 bits per heavy atom. The van der Waals surface area contributed by atoms with Gasteiger partial charge in [-0.2, -0.15) is 0 Å². The summed E-state index contributed by atoms with van der Waals surface area (Å²) in [6.45, 7) is 7.32. The maximum atomic E-state index is 3.51. The topological polar surface area (TPSA) is 27.3 Å². The number of hydrogen-bond donors (Lipinski definition) is 2. The lowest BCUT2D eigenvalue weighted by Crippen LogP contribution is -2.35. The highest BCUT2D eigenvalue weighted by molar-refractivity contribution is 5.45. The molecule has 1 aromatic carbocycles. The summed E-state index contributed by atoms with van der Waals surface area (Å²) in [5.41, 5.74) is 2.58. The molecule has 0 aliphatic carbocycles. The minimum atomic E-state index is 0.503. The Hall–Kier alpha value is -1.06. The van der Waals surface area contributed by atoms with Gasteiger partial charge in [0.05, 0.1) is 0 Å². The van der Waals surface area contributed by atoms with Gasteiger partial charge in [-0.25, -0.2) is 0 Å². The fourth-order valence-electron chi connectivity index (χ4n) is 1.64. The second-order valence-corrected chi connectivity index (χ2v) is 4.65. The van der Waals surface area contributed by atoms with Crippen molar-refractivity contribution in [2.45, 2.75) is 26.4 Å². The van der Waals surface area contributed by atoms with E-state index in [0.29, 0.717) is 6.04 Å². The molecule has 0 heterocycles. The average molecular weight is 235 g/mol. The van der Waals surface area contributed by atoms with Crippen LogP contribution in [0.1, 0.15) is 19.4 Å². The first-order valence-corrected chi connectivity index (χ1v) is 6.33. The van der Waals surface area contributed by atoms with Gasteiger partial charge in [-0.05, 0) is 31.2 Å². The molecule has 1 atom stereocenters. The third-order valence-electron chi connectivity index (χ3n) is 2.81. The van der Waals surface area contributed by atoms with Crippen LogP contribution in [-0.2, 0) is 6.54 Å². The van der Waals surface area contributed by atoms with E-state index in [1.807, 2.05) is 0 Å². The van der Waals surface area contributed by atoms with Crippen molar-refractivity contribution in [3.63, 3.8) is 0 Å². The number of hydrogen-bond acceptors (Lipinski definition) is 3. The molecular formula is C14H25N3. The lowest BCUT2D eigenvalue weighted by Gasteiger charge is -2.15. The SMILES string of the molecule is CCNCC(C)NCc1ccc(N(C)C)cc1. The lowest BCUT2D eigenvalue weighted by molar-refractivity contribution is 0.509. The van der Waals surface area contributed by atoms with Crippen molar-refractivity contribution in [2.24, 2.45) is 0 Å². The van der Waals surface area contributed by atoms with Gasteiger partial charge in [-0.1, -0.05) is 19.1 Å². The second kappa shape index (κ2) is 7.30. The van der Waals surface area contributed by atoms with Gasteiger partial charge in [0.25, 0.3) is 0 Å². The molecule has 3 heteroatoms. The third kappa shape index (κ3) is 5.20. The molecule has 1 rings (SSSR count). The Balaban J connectivity index is 2.36. The molecule has 1 unspecified atom stereocenters. The number of likely N-dealkylation sites (N-methyl/N-ethyl adjacent to an activating group) is 1. The summed E-state index contributed by atoms with van der Waals surface area (Å²) >= 11 is 0. The molecule has 0 saturated heterocycles. The Bertz CT molecular complexity index is 306. The maximum Gasteiger partial charge on any atom is 0.0361 e. The van der Waals surface area contributed by atoms with Gasteiger partial charge >= 0.3 is 0 Å². The van der Waals surface area contributed by atoms with Gasteiger partial charge in [-0.3, -0.25) is 0 Å². The highest BCUT2D eigenvalue weighted by Crippen LogP contribution is 2.11. The van der Waals surface area contributed by atoms with E-state index in [9.17, 15) is 0 Å². The summed E-state index contributed by atoms with van der Waals surface area (Å²) in [5.74, 6) is 0. The van der Waals surface area contributed by atoms with Crippen LogP contribution < -0.4 is 15.5 Å². The zero-order chi connectivity index (χ0) is 12.7. The molecule has 0 saturated carbocycles. The fraction of sp³-hybridized carbons (Fsp3) is 0.571. The molecule has 0 amide bonds. The summed E-state index contributed by atoms with van der Waals surface area (Å²) in [7, 11) is 4.12. The molecule has 0 radical (unpaired) electrons. The summed E-state index contributed by atoms with van der Waals surface area (Å²) in [4.78, 5) is 2.12. The molecule has 0 fully saturated rings. The molecule has 0 aliphatic heterocycles. The van der Waals surface area contributed by atoms with Gasteiger partial charge < -0.3 is 15.5 Å². The average Bonchev–Trinajstić information content (AvgIpc) is 2.34. The quantitative estimate of drug-likeness (QED) is 0.755. The largest absolute Gasteiger partial charge is 0.378 e. The number of anilines is 1. The first-order valence-electron chi connectivity index (χ1n) is 6.33. The number of nitrogens with one attached hydrogen (secondary N) is 2. The van der Waals surface area contributed by atoms with Crippen LogP contribution in [0, 0.1) is 0 Å². The molecular weight excluding hydrogens is 210 g/mol. The predicted molar refractivity (Wildman–Crippen MR) is 75.6 cm³/mol. The van der Waals surface area contributed by atoms with Crippen LogP contribution >= 0.6 is 0 Å². The van der Waals surface area contributed by atoms with Crippen molar-refractivity contribution in [1.82, 2.24) is 10.6 Å². The molecule has 0 spiro atoms. The van der Waals surface area contributed by atoms with Crippen LogP contribution in [0.3, 0.4) is 0 Å². The zero-order valence-electron chi connectivity index (χ0n) is 11.5. The van der Waals surface area contributed by atoms with Crippen molar-refractivity contribution in [3.05, 3.63) is 29.8 Å².